The fourth-order valence-corrected chi connectivity index (χ4v) is 1.75. The van der Waals surface area contributed by atoms with Crippen molar-refractivity contribution in [3.05, 3.63) is 0 Å². The second-order valence-electron chi connectivity index (χ2n) is 5.82. The maximum atomic E-state index is 12.0. The highest BCUT2D eigenvalue weighted by molar-refractivity contribution is 5.76. The van der Waals surface area contributed by atoms with E-state index in [4.69, 9.17) is 0 Å². The SMILES string of the molecule is CC(C)(C)NC(=O)N1CCNCC1(C)C. The highest BCUT2D eigenvalue weighted by atomic mass is 16.2. The van der Waals surface area contributed by atoms with Crippen LogP contribution in [0.2, 0.25) is 0 Å². The van der Waals surface area contributed by atoms with Crippen LogP contribution in [0.5, 0.6) is 0 Å². The molecule has 4 heteroatoms. The molecule has 15 heavy (non-hydrogen) atoms. The van der Waals surface area contributed by atoms with E-state index in [0.29, 0.717) is 0 Å². The van der Waals surface area contributed by atoms with Crippen molar-refractivity contribution < 1.29 is 4.79 Å². The largest absolute Gasteiger partial charge is 0.333 e. The molecule has 0 aromatic heterocycles. The highest BCUT2D eigenvalue weighted by Gasteiger charge is 2.34. The zero-order valence-electron chi connectivity index (χ0n) is 10.5. The van der Waals surface area contributed by atoms with Crippen molar-refractivity contribution in [1.82, 2.24) is 15.5 Å². The van der Waals surface area contributed by atoms with Gasteiger partial charge in [0, 0.05) is 25.2 Å². The van der Waals surface area contributed by atoms with Gasteiger partial charge < -0.3 is 15.5 Å². The summed E-state index contributed by atoms with van der Waals surface area (Å²) < 4.78 is 0. The van der Waals surface area contributed by atoms with Crippen molar-refractivity contribution in [2.45, 2.75) is 45.7 Å². The number of piperazine rings is 1. The summed E-state index contributed by atoms with van der Waals surface area (Å²) in [4.78, 5) is 13.9. The van der Waals surface area contributed by atoms with Gasteiger partial charge in [0.05, 0.1) is 5.54 Å². The van der Waals surface area contributed by atoms with Crippen LogP contribution < -0.4 is 10.6 Å². The lowest BCUT2D eigenvalue weighted by molar-refractivity contribution is 0.108. The maximum Gasteiger partial charge on any atom is 0.318 e. The van der Waals surface area contributed by atoms with Crippen LogP contribution in [0, 0.1) is 0 Å². The summed E-state index contributed by atoms with van der Waals surface area (Å²) in [6.45, 7) is 12.7. The lowest BCUT2D eigenvalue weighted by Crippen LogP contribution is -2.63. The highest BCUT2D eigenvalue weighted by Crippen LogP contribution is 2.17. The van der Waals surface area contributed by atoms with E-state index in [1.54, 1.807) is 0 Å². The van der Waals surface area contributed by atoms with Gasteiger partial charge in [0.25, 0.3) is 0 Å². The number of carbonyl (C=O) groups is 1. The normalized spacial score (nSPS) is 21.3. The van der Waals surface area contributed by atoms with Crippen LogP contribution in [-0.2, 0) is 0 Å². The molecule has 0 spiro atoms. The van der Waals surface area contributed by atoms with Gasteiger partial charge in [-0.1, -0.05) is 0 Å². The molecule has 88 valence electrons. The third-order valence-corrected chi connectivity index (χ3v) is 2.53. The van der Waals surface area contributed by atoms with E-state index < -0.39 is 0 Å². The number of rotatable bonds is 0. The number of carbonyl (C=O) groups excluding carboxylic acids is 1. The van der Waals surface area contributed by atoms with Crippen molar-refractivity contribution >= 4 is 6.03 Å². The summed E-state index contributed by atoms with van der Waals surface area (Å²) in [6, 6.07) is 0.0361. The van der Waals surface area contributed by atoms with E-state index >= 15 is 0 Å². The van der Waals surface area contributed by atoms with E-state index in [1.165, 1.54) is 0 Å². The standard InChI is InChI=1S/C11H23N3O/c1-10(2,3)13-9(15)14-7-6-12-8-11(14,4)5/h12H,6-8H2,1-5H3,(H,13,15). The van der Waals surface area contributed by atoms with Gasteiger partial charge in [-0.05, 0) is 34.6 Å². The minimum atomic E-state index is -0.169. The number of hydrogen-bond acceptors (Lipinski definition) is 2. The number of hydrogen-bond donors (Lipinski definition) is 2. The molecule has 0 saturated carbocycles. The second kappa shape index (κ2) is 4.00. The number of nitrogens with one attached hydrogen (secondary N) is 2. The molecule has 2 N–H and O–H groups in total. The fourth-order valence-electron chi connectivity index (χ4n) is 1.75. The predicted octanol–water partition coefficient (Wildman–Crippen LogP) is 1.18. The van der Waals surface area contributed by atoms with Crippen LogP contribution in [0.15, 0.2) is 0 Å². The van der Waals surface area contributed by atoms with Crippen molar-refractivity contribution in [2.24, 2.45) is 0 Å². The molecule has 1 saturated heterocycles. The van der Waals surface area contributed by atoms with Crippen LogP contribution in [0.3, 0.4) is 0 Å². The second-order valence-corrected chi connectivity index (χ2v) is 5.82. The van der Waals surface area contributed by atoms with Crippen molar-refractivity contribution in [2.75, 3.05) is 19.6 Å². The van der Waals surface area contributed by atoms with Gasteiger partial charge in [-0.3, -0.25) is 0 Å². The van der Waals surface area contributed by atoms with Gasteiger partial charge in [-0.25, -0.2) is 4.79 Å². The zero-order chi connectivity index (χ0) is 11.7. The zero-order valence-corrected chi connectivity index (χ0v) is 10.5. The molecule has 0 unspecified atom stereocenters. The quantitative estimate of drug-likeness (QED) is 0.634. The van der Waals surface area contributed by atoms with Crippen molar-refractivity contribution in [3.63, 3.8) is 0 Å². The van der Waals surface area contributed by atoms with E-state index in [1.807, 2.05) is 25.7 Å². The van der Waals surface area contributed by atoms with Gasteiger partial charge in [0.1, 0.15) is 0 Å². The Bertz CT molecular complexity index is 243. The van der Waals surface area contributed by atoms with E-state index in [9.17, 15) is 4.79 Å². The number of urea groups is 1. The van der Waals surface area contributed by atoms with Crippen LogP contribution in [0.25, 0.3) is 0 Å². The molecule has 1 aliphatic heterocycles. The van der Waals surface area contributed by atoms with E-state index in [-0.39, 0.29) is 17.1 Å². The van der Waals surface area contributed by atoms with Gasteiger partial charge in [0.2, 0.25) is 0 Å². The Labute approximate surface area is 92.4 Å². The summed E-state index contributed by atoms with van der Waals surface area (Å²) in [5, 5.41) is 6.30. The third-order valence-electron chi connectivity index (χ3n) is 2.53. The lowest BCUT2D eigenvalue weighted by Gasteiger charge is -2.43. The molecule has 1 aliphatic rings. The van der Waals surface area contributed by atoms with Gasteiger partial charge in [-0.15, -0.1) is 0 Å². The Balaban J connectivity index is 2.65. The molecule has 1 rings (SSSR count). The molecule has 0 aromatic rings. The van der Waals surface area contributed by atoms with Gasteiger partial charge in [0.15, 0.2) is 0 Å². The first-order valence-electron chi connectivity index (χ1n) is 5.53. The Kier molecular flexibility index (Phi) is 3.28. The predicted molar refractivity (Wildman–Crippen MR) is 61.9 cm³/mol. The molecule has 2 amide bonds. The Morgan fingerprint density at radius 2 is 2.00 bits per heavy atom. The minimum absolute atomic E-state index is 0.0361. The molecule has 1 fully saturated rings. The molecule has 1 heterocycles. The first-order chi connectivity index (χ1) is 6.72. The molecule has 0 bridgehead atoms. The molecule has 0 atom stereocenters. The lowest BCUT2D eigenvalue weighted by atomic mass is 10.0. The summed E-state index contributed by atoms with van der Waals surface area (Å²) in [6.07, 6.45) is 0. The van der Waals surface area contributed by atoms with Gasteiger partial charge in [-0.2, -0.15) is 0 Å². The Hall–Kier alpha value is -0.770. The number of nitrogens with zero attached hydrogens (tertiary/aromatic N) is 1. The Morgan fingerprint density at radius 1 is 1.40 bits per heavy atom. The maximum absolute atomic E-state index is 12.0. The third kappa shape index (κ3) is 3.38. The van der Waals surface area contributed by atoms with Crippen LogP contribution in [-0.4, -0.2) is 41.6 Å². The minimum Gasteiger partial charge on any atom is -0.333 e. The fraction of sp³-hybridized carbons (Fsp3) is 0.909. The molecule has 0 aromatic carbocycles. The van der Waals surface area contributed by atoms with Gasteiger partial charge >= 0.3 is 6.03 Å². The van der Waals surface area contributed by atoms with E-state index in [2.05, 4.69) is 24.5 Å². The average Bonchev–Trinajstić information content (AvgIpc) is 1.99. The molecule has 0 aliphatic carbocycles. The number of amides is 2. The van der Waals surface area contributed by atoms with Crippen LogP contribution in [0.1, 0.15) is 34.6 Å². The van der Waals surface area contributed by atoms with Crippen LogP contribution >= 0.6 is 0 Å². The summed E-state index contributed by atoms with van der Waals surface area (Å²) in [5.41, 5.74) is -0.272. The van der Waals surface area contributed by atoms with Crippen molar-refractivity contribution in [1.29, 1.82) is 0 Å². The van der Waals surface area contributed by atoms with Crippen LogP contribution in [0.4, 0.5) is 4.79 Å². The topological polar surface area (TPSA) is 44.4 Å². The van der Waals surface area contributed by atoms with Crippen molar-refractivity contribution in [3.8, 4) is 0 Å². The Morgan fingerprint density at radius 3 is 2.47 bits per heavy atom. The average molecular weight is 213 g/mol. The molecular weight excluding hydrogens is 190 g/mol. The summed E-state index contributed by atoms with van der Waals surface area (Å²) in [7, 11) is 0. The smallest absolute Gasteiger partial charge is 0.318 e. The van der Waals surface area contributed by atoms with E-state index in [0.717, 1.165) is 19.6 Å². The monoisotopic (exact) mass is 213 g/mol. The first kappa shape index (κ1) is 12.3. The molecule has 4 nitrogen and oxygen atoms in total. The molecular formula is C11H23N3O. The summed E-state index contributed by atoms with van der Waals surface area (Å²) >= 11 is 0. The first-order valence-corrected chi connectivity index (χ1v) is 5.53. The summed E-state index contributed by atoms with van der Waals surface area (Å²) in [5.74, 6) is 0. The molecule has 0 radical (unpaired) electrons.